The van der Waals surface area contributed by atoms with Gasteiger partial charge >= 0.3 is 6.03 Å². The lowest BCUT2D eigenvalue weighted by molar-refractivity contribution is 0.262. The quantitative estimate of drug-likeness (QED) is 0.755. The van der Waals surface area contributed by atoms with Crippen molar-refractivity contribution in [2.45, 2.75) is 6.92 Å². The summed E-state index contributed by atoms with van der Waals surface area (Å²) in [5.74, 6) is 0. The highest BCUT2D eigenvalue weighted by Crippen LogP contribution is 2.17. The molecule has 6 heteroatoms. The maximum absolute atomic E-state index is 11.9. The van der Waals surface area contributed by atoms with E-state index in [4.69, 9.17) is 0 Å². The predicted molar refractivity (Wildman–Crippen MR) is 81.2 cm³/mol. The summed E-state index contributed by atoms with van der Waals surface area (Å²) < 4.78 is 8.26. The molecule has 3 rings (SSSR count). The average Bonchev–Trinajstić information content (AvgIpc) is 2.89. The number of aromatic nitrogens is 2. The van der Waals surface area contributed by atoms with Crippen LogP contribution in [0.2, 0.25) is 0 Å². The molecule has 1 aromatic heterocycles. The minimum Gasteiger partial charge on any atom is -0.308 e. The van der Waals surface area contributed by atoms with Crippen LogP contribution < -0.4 is 10.6 Å². The smallest absolute Gasteiger partial charge is 0.308 e. The molecule has 0 saturated carbocycles. The number of rotatable bonds is 2. The molecule has 0 fully saturated rings. The molecule has 0 aliphatic rings. The summed E-state index contributed by atoms with van der Waals surface area (Å²) >= 11 is 1.16. The molecule has 5 nitrogen and oxygen atoms in total. The largest absolute Gasteiger partial charge is 0.323 e. The third kappa shape index (κ3) is 2.75. The lowest BCUT2D eigenvalue weighted by atomic mass is 10.2. The first-order chi connectivity index (χ1) is 9.70. The number of hydrogen-bond acceptors (Lipinski definition) is 4. The van der Waals surface area contributed by atoms with Crippen molar-refractivity contribution in [3.8, 4) is 0 Å². The van der Waals surface area contributed by atoms with Gasteiger partial charge in [0.1, 0.15) is 11.0 Å². The minimum atomic E-state index is -0.281. The Labute approximate surface area is 120 Å². The molecule has 0 unspecified atom stereocenters. The van der Waals surface area contributed by atoms with Crippen molar-refractivity contribution in [3.63, 3.8) is 0 Å². The standard InChI is InChI=1S/C14H12N4OS/c1-9-2-4-10(5-3-9)15-14(19)16-11-6-7-12-13(8-11)18-20-17-12/h2-8H,1H3,(H2,15,16,19). The maximum Gasteiger partial charge on any atom is 0.323 e. The SMILES string of the molecule is Cc1ccc(NC(=O)Nc2ccc3nsnc3c2)cc1. The number of aryl methyl sites for hydroxylation is 1. The number of nitrogens with zero attached hydrogens (tertiary/aromatic N) is 2. The van der Waals surface area contributed by atoms with Gasteiger partial charge in [0, 0.05) is 11.4 Å². The van der Waals surface area contributed by atoms with E-state index in [-0.39, 0.29) is 6.03 Å². The molecule has 2 aromatic carbocycles. The first kappa shape index (κ1) is 12.6. The summed E-state index contributed by atoms with van der Waals surface area (Å²) in [6, 6.07) is 12.8. The Balaban J connectivity index is 1.70. The summed E-state index contributed by atoms with van der Waals surface area (Å²) in [6.07, 6.45) is 0. The second kappa shape index (κ2) is 5.26. The summed E-state index contributed by atoms with van der Waals surface area (Å²) in [5, 5.41) is 5.55. The van der Waals surface area contributed by atoms with E-state index in [2.05, 4.69) is 19.4 Å². The Hall–Kier alpha value is -2.47. The van der Waals surface area contributed by atoms with Crippen molar-refractivity contribution in [1.82, 2.24) is 8.75 Å². The molecule has 20 heavy (non-hydrogen) atoms. The topological polar surface area (TPSA) is 66.9 Å². The zero-order valence-corrected chi connectivity index (χ0v) is 11.6. The van der Waals surface area contributed by atoms with Gasteiger partial charge < -0.3 is 10.6 Å². The second-order valence-corrected chi connectivity index (χ2v) is 4.94. The highest BCUT2D eigenvalue weighted by atomic mass is 32.1. The molecule has 0 aliphatic heterocycles. The van der Waals surface area contributed by atoms with Crippen molar-refractivity contribution in [3.05, 3.63) is 48.0 Å². The van der Waals surface area contributed by atoms with Gasteiger partial charge in [0.25, 0.3) is 0 Å². The van der Waals surface area contributed by atoms with Crippen LogP contribution in [-0.4, -0.2) is 14.8 Å². The normalized spacial score (nSPS) is 10.4. The number of urea groups is 1. The average molecular weight is 284 g/mol. The van der Waals surface area contributed by atoms with Crippen LogP contribution in [0.4, 0.5) is 16.2 Å². The number of carbonyl (C=O) groups excluding carboxylic acids is 1. The molecular formula is C14H12N4OS. The molecule has 0 radical (unpaired) electrons. The Morgan fingerprint density at radius 3 is 2.40 bits per heavy atom. The number of hydrogen-bond donors (Lipinski definition) is 2. The summed E-state index contributed by atoms with van der Waals surface area (Å²) in [4.78, 5) is 11.9. The molecule has 3 aromatic rings. The summed E-state index contributed by atoms with van der Waals surface area (Å²) in [6.45, 7) is 2.00. The molecule has 0 spiro atoms. The number of fused-ring (bicyclic) bond motifs is 1. The van der Waals surface area contributed by atoms with Crippen LogP contribution >= 0.6 is 11.7 Å². The number of amides is 2. The fraction of sp³-hybridized carbons (Fsp3) is 0.0714. The molecule has 0 saturated heterocycles. The molecule has 0 bridgehead atoms. The van der Waals surface area contributed by atoms with Gasteiger partial charge in [0.05, 0.1) is 11.7 Å². The van der Waals surface area contributed by atoms with Crippen LogP contribution in [0.15, 0.2) is 42.5 Å². The third-order valence-corrected chi connectivity index (χ3v) is 3.38. The minimum absolute atomic E-state index is 0.281. The highest BCUT2D eigenvalue weighted by molar-refractivity contribution is 7.00. The van der Waals surface area contributed by atoms with Crippen LogP contribution in [0.25, 0.3) is 11.0 Å². The van der Waals surface area contributed by atoms with Crippen molar-refractivity contribution < 1.29 is 4.79 Å². The third-order valence-electron chi connectivity index (χ3n) is 2.82. The number of carbonyl (C=O) groups is 1. The van der Waals surface area contributed by atoms with E-state index in [1.165, 1.54) is 0 Å². The van der Waals surface area contributed by atoms with Gasteiger partial charge in [-0.15, -0.1) is 0 Å². The van der Waals surface area contributed by atoms with Crippen LogP contribution in [0.5, 0.6) is 0 Å². The number of anilines is 2. The Morgan fingerprint density at radius 1 is 0.950 bits per heavy atom. The lowest BCUT2D eigenvalue weighted by Crippen LogP contribution is -2.19. The van der Waals surface area contributed by atoms with E-state index < -0.39 is 0 Å². The molecule has 0 atom stereocenters. The van der Waals surface area contributed by atoms with E-state index in [9.17, 15) is 4.79 Å². The molecule has 0 aliphatic carbocycles. The molecule has 100 valence electrons. The van der Waals surface area contributed by atoms with E-state index >= 15 is 0 Å². The van der Waals surface area contributed by atoms with Crippen LogP contribution in [0.3, 0.4) is 0 Å². The van der Waals surface area contributed by atoms with Crippen molar-refractivity contribution >= 4 is 40.2 Å². The first-order valence-corrected chi connectivity index (χ1v) is 6.81. The van der Waals surface area contributed by atoms with Gasteiger partial charge in [-0.1, -0.05) is 17.7 Å². The van der Waals surface area contributed by atoms with Gasteiger partial charge in [-0.2, -0.15) is 8.75 Å². The fourth-order valence-electron chi connectivity index (χ4n) is 1.79. The van der Waals surface area contributed by atoms with Gasteiger partial charge in [-0.25, -0.2) is 4.79 Å². The van der Waals surface area contributed by atoms with Crippen molar-refractivity contribution in [2.24, 2.45) is 0 Å². The van der Waals surface area contributed by atoms with Gasteiger partial charge in [0.15, 0.2) is 0 Å². The molecule has 2 N–H and O–H groups in total. The van der Waals surface area contributed by atoms with Gasteiger partial charge in [-0.05, 0) is 37.3 Å². The second-order valence-electron chi connectivity index (χ2n) is 4.41. The van der Waals surface area contributed by atoms with Crippen LogP contribution in [0.1, 0.15) is 5.56 Å². The zero-order chi connectivity index (χ0) is 13.9. The molecule has 2 amide bonds. The Bertz CT molecular complexity index is 751. The fourth-order valence-corrected chi connectivity index (χ4v) is 2.31. The van der Waals surface area contributed by atoms with Gasteiger partial charge in [-0.3, -0.25) is 0 Å². The van der Waals surface area contributed by atoms with E-state index in [1.807, 2.05) is 37.3 Å². The number of benzene rings is 2. The monoisotopic (exact) mass is 284 g/mol. The Kier molecular flexibility index (Phi) is 3.30. The number of nitrogens with one attached hydrogen (secondary N) is 2. The van der Waals surface area contributed by atoms with Crippen LogP contribution in [-0.2, 0) is 0 Å². The van der Waals surface area contributed by atoms with Crippen molar-refractivity contribution in [1.29, 1.82) is 0 Å². The first-order valence-electron chi connectivity index (χ1n) is 6.08. The van der Waals surface area contributed by atoms with Crippen molar-refractivity contribution in [2.75, 3.05) is 10.6 Å². The summed E-state index contributed by atoms with van der Waals surface area (Å²) in [5.41, 5.74) is 4.21. The van der Waals surface area contributed by atoms with Crippen LogP contribution in [0, 0.1) is 6.92 Å². The Morgan fingerprint density at radius 2 is 1.60 bits per heavy atom. The molecule has 1 heterocycles. The zero-order valence-electron chi connectivity index (χ0n) is 10.8. The maximum atomic E-state index is 11.9. The van der Waals surface area contributed by atoms with E-state index in [1.54, 1.807) is 12.1 Å². The summed E-state index contributed by atoms with van der Waals surface area (Å²) in [7, 11) is 0. The van der Waals surface area contributed by atoms with Gasteiger partial charge in [0.2, 0.25) is 0 Å². The molecular weight excluding hydrogens is 272 g/mol. The predicted octanol–water partition coefficient (Wildman–Crippen LogP) is 3.64. The van der Waals surface area contributed by atoms with E-state index in [0.717, 1.165) is 34.0 Å². The lowest BCUT2D eigenvalue weighted by Gasteiger charge is -2.07. The highest BCUT2D eigenvalue weighted by Gasteiger charge is 2.05. The van der Waals surface area contributed by atoms with E-state index in [0.29, 0.717) is 5.69 Å².